The van der Waals surface area contributed by atoms with Gasteiger partial charge in [0.2, 0.25) is 0 Å². The first-order valence-corrected chi connectivity index (χ1v) is 11.4. The molecule has 1 fully saturated rings. The number of amides is 1. The van der Waals surface area contributed by atoms with E-state index in [1.54, 1.807) is 37.7 Å². The molecule has 35 heavy (non-hydrogen) atoms. The van der Waals surface area contributed by atoms with Gasteiger partial charge in [-0.15, -0.1) is 0 Å². The molecule has 3 heterocycles. The number of hydrogen-bond donors (Lipinski definition) is 2. The fraction of sp³-hybridized carbons (Fsp3) is 0.179. The topological polar surface area (TPSA) is 95.5 Å². The van der Waals surface area contributed by atoms with Crippen LogP contribution in [0, 0.1) is 6.92 Å². The van der Waals surface area contributed by atoms with Gasteiger partial charge in [-0.3, -0.25) is 14.6 Å². The smallest absolute Gasteiger partial charge is 0.295 e. The second-order valence-corrected chi connectivity index (χ2v) is 8.62. The number of carbonyl (C=O) groups excluding carboxylic acids is 2. The minimum absolute atomic E-state index is 0.0763. The number of aryl methyl sites for hydroxylation is 1. The molecule has 5 rings (SSSR count). The number of aromatic nitrogens is 2. The van der Waals surface area contributed by atoms with E-state index < -0.39 is 17.7 Å². The minimum atomic E-state index is -0.732. The second-order valence-electron chi connectivity index (χ2n) is 8.62. The summed E-state index contributed by atoms with van der Waals surface area (Å²) in [7, 11) is 1.62. The first kappa shape index (κ1) is 22.4. The van der Waals surface area contributed by atoms with E-state index in [9.17, 15) is 14.7 Å². The summed E-state index contributed by atoms with van der Waals surface area (Å²) in [4.78, 5) is 35.3. The molecule has 2 aromatic heterocycles. The Morgan fingerprint density at radius 1 is 1.14 bits per heavy atom. The van der Waals surface area contributed by atoms with E-state index in [-0.39, 0.29) is 11.3 Å². The standard InChI is InChI=1S/C28H25N3O4/c1-17-5-7-18(8-6-17)26(32)24-25(20-4-3-12-29-15-20)31(28(34)27(24)33)13-11-19-16-30-23-10-9-21(35-2)14-22(19)23/h3-10,12,14-16,25,30,32H,11,13H2,1-2H3/b26-24-. The number of methoxy groups -OCH3 is 1. The highest BCUT2D eigenvalue weighted by atomic mass is 16.5. The highest BCUT2D eigenvalue weighted by molar-refractivity contribution is 6.46. The molecule has 176 valence electrons. The van der Waals surface area contributed by atoms with Gasteiger partial charge in [-0.05, 0) is 48.7 Å². The van der Waals surface area contributed by atoms with E-state index >= 15 is 0 Å². The van der Waals surface area contributed by atoms with Crippen molar-refractivity contribution in [1.29, 1.82) is 0 Å². The molecule has 0 bridgehead atoms. The summed E-state index contributed by atoms with van der Waals surface area (Å²) in [5.74, 6) is -0.772. The second kappa shape index (κ2) is 9.10. The molecule has 1 unspecified atom stereocenters. The monoisotopic (exact) mass is 467 g/mol. The number of aliphatic hydroxyl groups excluding tert-OH is 1. The van der Waals surface area contributed by atoms with Crippen molar-refractivity contribution < 1.29 is 19.4 Å². The van der Waals surface area contributed by atoms with Crippen molar-refractivity contribution in [2.45, 2.75) is 19.4 Å². The van der Waals surface area contributed by atoms with Gasteiger partial charge < -0.3 is 19.7 Å². The molecule has 0 aliphatic carbocycles. The third-order valence-corrected chi connectivity index (χ3v) is 6.46. The number of nitrogens with zero attached hydrogens (tertiary/aromatic N) is 2. The summed E-state index contributed by atoms with van der Waals surface area (Å²) in [5, 5.41) is 12.1. The molecule has 1 aliphatic heterocycles. The number of Topliss-reactive ketones (excluding diaryl/α,β-unsaturated/α-hetero) is 1. The van der Waals surface area contributed by atoms with Crippen LogP contribution < -0.4 is 4.74 Å². The summed E-state index contributed by atoms with van der Waals surface area (Å²) in [6.45, 7) is 2.23. The molecule has 1 amide bonds. The highest BCUT2D eigenvalue weighted by Gasteiger charge is 2.46. The van der Waals surface area contributed by atoms with Gasteiger partial charge in [0.25, 0.3) is 11.7 Å². The minimum Gasteiger partial charge on any atom is -0.507 e. The number of fused-ring (bicyclic) bond motifs is 1. The van der Waals surface area contributed by atoms with Gasteiger partial charge >= 0.3 is 0 Å². The summed E-state index contributed by atoms with van der Waals surface area (Å²) in [6, 6.07) is 15.8. The Balaban J connectivity index is 1.54. The van der Waals surface area contributed by atoms with Crippen molar-refractivity contribution in [2.24, 2.45) is 0 Å². The third kappa shape index (κ3) is 4.05. The van der Waals surface area contributed by atoms with Gasteiger partial charge in [0.05, 0.1) is 18.7 Å². The Kier molecular flexibility index (Phi) is 5.82. The zero-order chi connectivity index (χ0) is 24.5. The number of ketones is 1. The lowest BCUT2D eigenvalue weighted by atomic mass is 9.96. The van der Waals surface area contributed by atoms with Crippen LogP contribution in [0.4, 0.5) is 0 Å². The molecular weight excluding hydrogens is 442 g/mol. The summed E-state index contributed by atoms with van der Waals surface area (Å²) >= 11 is 0. The Labute approximate surface area is 202 Å². The molecule has 1 aliphatic rings. The number of carbonyl (C=O) groups is 2. The summed E-state index contributed by atoms with van der Waals surface area (Å²) in [6.07, 6.45) is 5.69. The van der Waals surface area contributed by atoms with Crippen molar-refractivity contribution in [1.82, 2.24) is 14.9 Å². The predicted molar refractivity (Wildman–Crippen MR) is 133 cm³/mol. The van der Waals surface area contributed by atoms with E-state index in [1.165, 1.54) is 4.90 Å². The molecule has 4 aromatic rings. The highest BCUT2D eigenvalue weighted by Crippen LogP contribution is 2.39. The van der Waals surface area contributed by atoms with Crippen LogP contribution in [-0.4, -0.2) is 45.3 Å². The quantitative estimate of drug-likeness (QED) is 0.247. The Morgan fingerprint density at radius 3 is 2.66 bits per heavy atom. The number of likely N-dealkylation sites (tertiary alicyclic amines) is 1. The molecule has 0 spiro atoms. The fourth-order valence-corrected chi connectivity index (χ4v) is 4.59. The Hall–Kier alpha value is -4.39. The number of aliphatic hydroxyl groups is 1. The SMILES string of the molecule is COc1ccc2[nH]cc(CCN3C(=O)C(=O)/C(=C(\O)c4ccc(C)cc4)C3c3cccnc3)c2c1. The van der Waals surface area contributed by atoms with E-state index in [1.807, 2.05) is 49.5 Å². The number of ether oxygens (including phenoxy) is 1. The lowest BCUT2D eigenvalue weighted by Gasteiger charge is -2.25. The first-order chi connectivity index (χ1) is 17.0. The van der Waals surface area contributed by atoms with Crippen LogP contribution in [0.15, 0.2) is 78.8 Å². The van der Waals surface area contributed by atoms with Crippen LogP contribution in [0.5, 0.6) is 5.75 Å². The third-order valence-electron chi connectivity index (χ3n) is 6.46. The lowest BCUT2D eigenvalue weighted by Crippen LogP contribution is -2.31. The molecule has 0 radical (unpaired) electrons. The van der Waals surface area contributed by atoms with Gasteiger partial charge in [-0.25, -0.2) is 0 Å². The number of nitrogens with one attached hydrogen (secondary N) is 1. The average Bonchev–Trinajstić information content (AvgIpc) is 3.40. The number of rotatable bonds is 6. The van der Waals surface area contributed by atoms with Crippen LogP contribution >= 0.6 is 0 Å². The molecule has 1 atom stereocenters. The summed E-state index contributed by atoms with van der Waals surface area (Å²) < 4.78 is 5.36. The molecule has 2 aromatic carbocycles. The predicted octanol–water partition coefficient (Wildman–Crippen LogP) is 4.54. The van der Waals surface area contributed by atoms with Gasteiger partial charge in [0.1, 0.15) is 11.5 Å². The van der Waals surface area contributed by atoms with Crippen molar-refractivity contribution in [3.63, 3.8) is 0 Å². The molecule has 1 saturated heterocycles. The van der Waals surface area contributed by atoms with Gasteiger partial charge in [-0.2, -0.15) is 0 Å². The molecule has 2 N–H and O–H groups in total. The molecule has 7 nitrogen and oxygen atoms in total. The largest absolute Gasteiger partial charge is 0.507 e. The Morgan fingerprint density at radius 2 is 1.94 bits per heavy atom. The van der Waals surface area contributed by atoms with Gasteiger partial charge in [0.15, 0.2) is 0 Å². The van der Waals surface area contributed by atoms with E-state index in [4.69, 9.17) is 4.74 Å². The van der Waals surface area contributed by atoms with E-state index in [0.717, 1.165) is 27.8 Å². The van der Waals surface area contributed by atoms with Crippen LogP contribution in [0.3, 0.4) is 0 Å². The van der Waals surface area contributed by atoms with Crippen LogP contribution in [0.1, 0.15) is 28.3 Å². The fourth-order valence-electron chi connectivity index (χ4n) is 4.59. The maximum atomic E-state index is 13.2. The van der Waals surface area contributed by atoms with E-state index in [0.29, 0.717) is 24.1 Å². The lowest BCUT2D eigenvalue weighted by molar-refractivity contribution is -0.139. The number of pyridine rings is 1. The zero-order valence-corrected chi connectivity index (χ0v) is 19.5. The van der Waals surface area contributed by atoms with Crippen LogP contribution in [0.25, 0.3) is 16.7 Å². The maximum Gasteiger partial charge on any atom is 0.295 e. The van der Waals surface area contributed by atoms with Crippen molar-refractivity contribution in [3.8, 4) is 5.75 Å². The number of aromatic amines is 1. The van der Waals surface area contributed by atoms with Crippen molar-refractivity contribution in [3.05, 3.63) is 101 Å². The summed E-state index contributed by atoms with van der Waals surface area (Å²) in [5.41, 5.74) is 4.23. The molecule has 7 heteroatoms. The van der Waals surface area contributed by atoms with E-state index in [2.05, 4.69) is 9.97 Å². The van der Waals surface area contributed by atoms with Crippen LogP contribution in [0.2, 0.25) is 0 Å². The zero-order valence-electron chi connectivity index (χ0n) is 19.5. The number of H-pyrrole nitrogens is 1. The molecular formula is C28H25N3O4. The normalized spacial score (nSPS) is 17.3. The van der Waals surface area contributed by atoms with Crippen LogP contribution in [-0.2, 0) is 16.0 Å². The van der Waals surface area contributed by atoms with Crippen molar-refractivity contribution >= 4 is 28.4 Å². The average molecular weight is 468 g/mol. The maximum absolute atomic E-state index is 13.2. The van der Waals surface area contributed by atoms with Gasteiger partial charge in [-0.1, -0.05) is 35.9 Å². The number of benzene rings is 2. The molecule has 0 saturated carbocycles. The Bertz CT molecular complexity index is 1440. The first-order valence-electron chi connectivity index (χ1n) is 11.4. The van der Waals surface area contributed by atoms with Crippen molar-refractivity contribution in [2.75, 3.05) is 13.7 Å². The van der Waals surface area contributed by atoms with Gasteiger partial charge in [0, 0.05) is 41.6 Å². The number of hydrogen-bond acceptors (Lipinski definition) is 5.